The van der Waals surface area contributed by atoms with Crippen molar-refractivity contribution in [3.63, 3.8) is 0 Å². The molecule has 8 nitrogen and oxygen atoms in total. The zero-order valence-corrected chi connectivity index (χ0v) is 16.7. The second-order valence-corrected chi connectivity index (χ2v) is 7.74. The van der Waals surface area contributed by atoms with E-state index in [1.807, 2.05) is 12.1 Å². The predicted octanol–water partition coefficient (Wildman–Crippen LogP) is 1.55. The maximum atomic E-state index is 12.6. The van der Waals surface area contributed by atoms with Crippen molar-refractivity contribution in [2.24, 2.45) is 0 Å². The van der Waals surface area contributed by atoms with Gasteiger partial charge in [0.25, 0.3) is 0 Å². The fraction of sp³-hybridized carbons (Fsp3) is 0.409. The molecule has 0 aliphatic carbocycles. The van der Waals surface area contributed by atoms with Crippen LogP contribution in [0.5, 0.6) is 5.75 Å². The monoisotopic (exact) mass is 408 g/mol. The number of ether oxygens (including phenoxy) is 1. The molecule has 30 heavy (non-hydrogen) atoms. The molecule has 1 aromatic carbocycles. The summed E-state index contributed by atoms with van der Waals surface area (Å²) in [6.45, 7) is 0.809. The van der Waals surface area contributed by atoms with Gasteiger partial charge >= 0.3 is 0 Å². The molecule has 4 rings (SSSR count). The second kappa shape index (κ2) is 8.61. The van der Waals surface area contributed by atoms with Gasteiger partial charge < -0.3 is 15.0 Å². The van der Waals surface area contributed by atoms with E-state index in [0.717, 1.165) is 5.69 Å². The molecule has 2 aliphatic heterocycles. The second-order valence-electron chi connectivity index (χ2n) is 7.74. The fourth-order valence-electron chi connectivity index (χ4n) is 3.99. The molecular weight excluding hydrogens is 384 g/mol. The van der Waals surface area contributed by atoms with Gasteiger partial charge in [-0.2, -0.15) is 0 Å². The number of likely N-dealkylation sites (tertiary alicyclic amines) is 1. The molecule has 1 spiro atoms. The van der Waals surface area contributed by atoms with Crippen LogP contribution in [-0.4, -0.2) is 57.7 Å². The molecule has 1 aromatic heterocycles. The Kier molecular flexibility index (Phi) is 5.74. The number of Topliss-reactive ketones (excluding diaryl/α,β-unsaturated/α-hetero) is 1. The molecule has 2 aliphatic rings. The van der Waals surface area contributed by atoms with Gasteiger partial charge in [-0.15, -0.1) is 0 Å². The third kappa shape index (κ3) is 4.48. The van der Waals surface area contributed by atoms with E-state index in [2.05, 4.69) is 15.3 Å². The van der Waals surface area contributed by atoms with Crippen molar-refractivity contribution in [2.45, 2.75) is 37.7 Å². The molecule has 1 N–H and O–H groups in total. The Labute approximate surface area is 174 Å². The number of nitrogens with one attached hydrogen (secondary N) is 1. The number of para-hydroxylation sites is 1. The molecule has 1 fully saturated rings. The minimum Gasteiger partial charge on any atom is -0.486 e. The Bertz CT molecular complexity index is 949. The van der Waals surface area contributed by atoms with Crippen LogP contribution in [-0.2, 0) is 16.0 Å². The first-order chi connectivity index (χ1) is 14.5. The topological polar surface area (TPSA) is 101 Å². The quantitative estimate of drug-likeness (QED) is 0.806. The zero-order valence-electron chi connectivity index (χ0n) is 16.7. The SMILES string of the molecule is O=C(CN1CCC2(CCC1=O)CC(=O)c1ccccc1O2)NCCc1cnccn1. The van der Waals surface area contributed by atoms with Gasteiger partial charge in [0, 0.05) is 50.9 Å². The Morgan fingerprint density at radius 3 is 2.90 bits per heavy atom. The van der Waals surface area contributed by atoms with Gasteiger partial charge in [-0.05, 0) is 18.6 Å². The molecule has 0 saturated carbocycles. The summed E-state index contributed by atoms with van der Waals surface area (Å²) in [7, 11) is 0. The summed E-state index contributed by atoms with van der Waals surface area (Å²) < 4.78 is 6.21. The van der Waals surface area contributed by atoms with E-state index in [9.17, 15) is 14.4 Å². The number of benzene rings is 1. The molecule has 3 heterocycles. The third-order valence-electron chi connectivity index (χ3n) is 5.64. The van der Waals surface area contributed by atoms with Crippen LogP contribution in [0.25, 0.3) is 0 Å². The lowest BCUT2D eigenvalue weighted by atomic mass is 9.84. The summed E-state index contributed by atoms with van der Waals surface area (Å²) in [6.07, 6.45) is 6.95. The number of nitrogens with zero attached hydrogens (tertiary/aromatic N) is 3. The largest absolute Gasteiger partial charge is 0.486 e. The fourth-order valence-corrected chi connectivity index (χ4v) is 3.99. The van der Waals surface area contributed by atoms with Crippen LogP contribution < -0.4 is 10.1 Å². The van der Waals surface area contributed by atoms with Gasteiger partial charge in [0.1, 0.15) is 11.4 Å². The van der Waals surface area contributed by atoms with E-state index in [1.165, 1.54) is 0 Å². The highest BCUT2D eigenvalue weighted by Gasteiger charge is 2.43. The average molecular weight is 408 g/mol. The van der Waals surface area contributed by atoms with Gasteiger partial charge in [-0.3, -0.25) is 24.4 Å². The number of hydrogen-bond donors (Lipinski definition) is 1. The Balaban J connectivity index is 1.33. The van der Waals surface area contributed by atoms with Crippen LogP contribution in [0.2, 0.25) is 0 Å². The Morgan fingerprint density at radius 2 is 2.07 bits per heavy atom. The van der Waals surface area contributed by atoms with Gasteiger partial charge in [0.05, 0.1) is 24.2 Å². The molecule has 8 heteroatoms. The zero-order chi connectivity index (χ0) is 21.0. The van der Waals surface area contributed by atoms with Crippen molar-refractivity contribution in [3.05, 3.63) is 54.1 Å². The van der Waals surface area contributed by atoms with Gasteiger partial charge in [-0.1, -0.05) is 12.1 Å². The lowest BCUT2D eigenvalue weighted by Crippen LogP contribution is -2.44. The summed E-state index contributed by atoms with van der Waals surface area (Å²) >= 11 is 0. The number of rotatable bonds is 5. The Morgan fingerprint density at radius 1 is 1.20 bits per heavy atom. The van der Waals surface area contributed by atoms with Gasteiger partial charge in [0.2, 0.25) is 11.8 Å². The van der Waals surface area contributed by atoms with Crippen LogP contribution in [0.1, 0.15) is 41.7 Å². The van der Waals surface area contributed by atoms with Crippen LogP contribution in [0.4, 0.5) is 0 Å². The molecule has 2 amide bonds. The number of aromatic nitrogens is 2. The number of carbonyl (C=O) groups is 3. The van der Waals surface area contributed by atoms with E-state index < -0.39 is 5.60 Å². The molecule has 1 saturated heterocycles. The lowest BCUT2D eigenvalue weighted by Gasteiger charge is -2.37. The maximum Gasteiger partial charge on any atom is 0.239 e. The summed E-state index contributed by atoms with van der Waals surface area (Å²) in [5.74, 6) is 0.316. The van der Waals surface area contributed by atoms with E-state index in [0.29, 0.717) is 43.7 Å². The molecule has 156 valence electrons. The predicted molar refractivity (Wildman–Crippen MR) is 108 cm³/mol. The van der Waals surface area contributed by atoms with Crippen LogP contribution in [0.3, 0.4) is 0 Å². The number of fused-ring (bicyclic) bond motifs is 1. The Hall–Kier alpha value is -3.29. The highest BCUT2D eigenvalue weighted by Crippen LogP contribution is 2.39. The standard InChI is InChI=1S/C22H24N4O4/c27-18-13-22(30-19-4-2-1-3-17(18)19)7-5-21(29)26(12-8-22)15-20(28)25-9-6-16-14-23-10-11-24-16/h1-4,10-11,14H,5-9,12-13,15H2,(H,25,28). The molecular formula is C22H24N4O4. The van der Waals surface area contributed by atoms with Crippen molar-refractivity contribution in [2.75, 3.05) is 19.6 Å². The number of carbonyl (C=O) groups excluding carboxylic acids is 3. The van der Waals surface area contributed by atoms with Gasteiger partial charge in [-0.25, -0.2) is 0 Å². The van der Waals surface area contributed by atoms with E-state index in [4.69, 9.17) is 4.74 Å². The van der Waals surface area contributed by atoms with Crippen molar-refractivity contribution >= 4 is 17.6 Å². The summed E-state index contributed by atoms with van der Waals surface area (Å²) in [4.78, 5) is 47.2. The number of ketones is 1. The van der Waals surface area contributed by atoms with Crippen LogP contribution >= 0.6 is 0 Å². The smallest absolute Gasteiger partial charge is 0.239 e. The van der Waals surface area contributed by atoms with Crippen molar-refractivity contribution in [1.29, 1.82) is 0 Å². The van der Waals surface area contributed by atoms with Crippen molar-refractivity contribution < 1.29 is 19.1 Å². The third-order valence-corrected chi connectivity index (χ3v) is 5.64. The highest BCUT2D eigenvalue weighted by atomic mass is 16.5. The molecule has 1 unspecified atom stereocenters. The van der Waals surface area contributed by atoms with E-state index >= 15 is 0 Å². The summed E-state index contributed by atoms with van der Waals surface area (Å²) in [6, 6.07) is 7.22. The minimum atomic E-state index is -0.682. The van der Waals surface area contributed by atoms with Crippen LogP contribution in [0.15, 0.2) is 42.9 Å². The maximum absolute atomic E-state index is 12.6. The first-order valence-electron chi connectivity index (χ1n) is 10.2. The van der Waals surface area contributed by atoms with Gasteiger partial charge in [0.15, 0.2) is 5.78 Å². The number of amides is 2. The van der Waals surface area contributed by atoms with E-state index in [-0.39, 0.29) is 37.0 Å². The van der Waals surface area contributed by atoms with Crippen LogP contribution in [0, 0.1) is 0 Å². The number of hydrogen-bond acceptors (Lipinski definition) is 6. The summed E-state index contributed by atoms with van der Waals surface area (Å²) in [5.41, 5.74) is 0.709. The molecule has 1 atom stereocenters. The van der Waals surface area contributed by atoms with E-state index in [1.54, 1.807) is 35.6 Å². The first kappa shape index (κ1) is 20.0. The molecule has 2 aromatic rings. The first-order valence-corrected chi connectivity index (χ1v) is 10.2. The average Bonchev–Trinajstić information content (AvgIpc) is 2.89. The highest BCUT2D eigenvalue weighted by molar-refractivity contribution is 6.00. The van der Waals surface area contributed by atoms with Crippen molar-refractivity contribution in [3.8, 4) is 5.75 Å². The minimum absolute atomic E-state index is 0.0000843. The lowest BCUT2D eigenvalue weighted by molar-refractivity contribution is -0.135. The van der Waals surface area contributed by atoms with Crippen molar-refractivity contribution in [1.82, 2.24) is 20.2 Å². The summed E-state index contributed by atoms with van der Waals surface area (Å²) in [5, 5.41) is 2.82. The molecule has 0 bridgehead atoms. The normalized spacial score (nSPS) is 21.0. The molecule has 0 radical (unpaired) electrons.